The van der Waals surface area contributed by atoms with E-state index >= 15 is 0 Å². The second-order valence-electron chi connectivity index (χ2n) is 7.51. The molecule has 0 atom stereocenters. The maximum atomic E-state index is 11.8. The van der Waals surface area contributed by atoms with Gasteiger partial charge in [-0.3, -0.25) is 19.2 Å². The molecular weight excluding hydrogens is 490 g/mol. The predicted molar refractivity (Wildman–Crippen MR) is 132 cm³/mol. The summed E-state index contributed by atoms with van der Waals surface area (Å²) in [6.45, 7) is 0. The fourth-order valence-electron chi connectivity index (χ4n) is 3.20. The first-order valence-corrected chi connectivity index (χ1v) is 10.9. The average Bonchev–Trinajstić information content (AvgIpc) is 2.91. The summed E-state index contributed by atoms with van der Waals surface area (Å²) in [5.74, 6) is -0.558. The molecule has 4 aromatic carbocycles. The third-order valence-corrected chi connectivity index (χ3v) is 5.03. The predicted octanol–water partition coefficient (Wildman–Crippen LogP) is 6.28. The molecule has 4 rings (SSSR count). The van der Waals surface area contributed by atoms with Crippen LogP contribution in [0.15, 0.2) is 121 Å². The van der Waals surface area contributed by atoms with E-state index in [0.717, 1.165) is 0 Å². The molecule has 0 aliphatic heterocycles. The first-order valence-electron chi connectivity index (χ1n) is 10.9. The van der Waals surface area contributed by atoms with Gasteiger partial charge in [-0.05, 0) is 0 Å². The number of benzene rings is 4. The van der Waals surface area contributed by atoms with Crippen molar-refractivity contribution in [1.82, 2.24) is 0 Å². The van der Waals surface area contributed by atoms with Crippen molar-refractivity contribution in [3.63, 3.8) is 0 Å². The third kappa shape index (κ3) is 8.80. The number of carbonyl (C=O) groups excluding carboxylic acids is 4. The van der Waals surface area contributed by atoms with Crippen LogP contribution in [0.5, 0.6) is 0 Å². The Balaban J connectivity index is 0.000000240. The fraction of sp³-hybridized carbons (Fsp3) is 0.0667. The molecule has 0 saturated carbocycles. The Labute approximate surface area is 217 Å². The maximum absolute atomic E-state index is 11.8. The molecule has 4 nitrogen and oxygen atoms in total. The summed E-state index contributed by atoms with van der Waals surface area (Å²) in [6, 6.07) is 35.5. The first kappa shape index (κ1) is 27.4. The van der Waals surface area contributed by atoms with Crippen LogP contribution >= 0.6 is 0 Å². The van der Waals surface area contributed by atoms with Crippen molar-refractivity contribution in [1.29, 1.82) is 0 Å². The van der Waals surface area contributed by atoms with Gasteiger partial charge in [-0.15, -0.1) is 0 Å². The van der Waals surface area contributed by atoms with Gasteiger partial charge in [0.15, 0.2) is 23.1 Å². The van der Waals surface area contributed by atoms with Gasteiger partial charge in [-0.2, -0.15) is 0 Å². The molecule has 0 unspecified atom stereocenters. The van der Waals surface area contributed by atoms with Crippen molar-refractivity contribution in [2.24, 2.45) is 0 Å². The molecule has 0 aliphatic rings. The van der Waals surface area contributed by atoms with Crippen LogP contribution < -0.4 is 0 Å². The van der Waals surface area contributed by atoms with Gasteiger partial charge in [0.05, 0.1) is 12.8 Å². The van der Waals surface area contributed by atoms with Crippen molar-refractivity contribution < 1.29 is 38.7 Å². The Morgan fingerprint density at radius 3 is 0.686 bits per heavy atom. The fourth-order valence-corrected chi connectivity index (χ4v) is 3.20. The molecule has 0 spiro atoms. The minimum atomic E-state index is -0.139. The number of hydrogen-bond donors (Lipinski definition) is 0. The van der Waals surface area contributed by atoms with Gasteiger partial charge >= 0.3 is 0 Å². The second kappa shape index (κ2) is 14.4. The standard InChI is InChI=1S/2C15H12O2.Zn/c2*16-14(12-7-3-1-4-8-12)11-15(17)13-9-5-2-6-10-13;/h2*1-10H,11H2;. The molecule has 4 aromatic rings. The Bertz CT molecular complexity index is 1040. The number of rotatable bonds is 8. The molecule has 0 aromatic heterocycles. The summed E-state index contributed by atoms with van der Waals surface area (Å²) < 4.78 is 0. The number of carbonyl (C=O) groups is 4. The van der Waals surface area contributed by atoms with Crippen molar-refractivity contribution in [3.8, 4) is 0 Å². The second-order valence-corrected chi connectivity index (χ2v) is 7.51. The van der Waals surface area contributed by atoms with Crippen molar-refractivity contribution in [2.45, 2.75) is 12.8 Å². The normalized spacial score (nSPS) is 9.60. The van der Waals surface area contributed by atoms with E-state index in [1.165, 1.54) is 0 Å². The van der Waals surface area contributed by atoms with Crippen LogP contribution in [0.25, 0.3) is 0 Å². The molecule has 5 heteroatoms. The van der Waals surface area contributed by atoms with Crippen LogP contribution in [0.1, 0.15) is 54.3 Å². The topological polar surface area (TPSA) is 68.3 Å². The van der Waals surface area contributed by atoms with Gasteiger partial charge < -0.3 is 0 Å². The SMILES string of the molecule is O=C(CC(=O)c1ccccc1)c1ccccc1.O=C(CC(=O)c1ccccc1)c1ccccc1.[Zn]. The van der Waals surface area contributed by atoms with Gasteiger partial charge in [-0.1, -0.05) is 121 Å². The Kier molecular flexibility index (Phi) is 11.3. The molecule has 0 radical (unpaired) electrons. The summed E-state index contributed by atoms with van der Waals surface area (Å²) in [6.07, 6.45) is -0.151. The van der Waals surface area contributed by atoms with Gasteiger partial charge in [0, 0.05) is 41.7 Å². The van der Waals surface area contributed by atoms with Crippen molar-refractivity contribution in [2.75, 3.05) is 0 Å². The van der Waals surface area contributed by atoms with Crippen LogP contribution in [0.4, 0.5) is 0 Å². The molecule has 0 N–H and O–H groups in total. The zero-order chi connectivity index (χ0) is 24.2. The van der Waals surface area contributed by atoms with Crippen molar-refractivity contribution >= 4 is 23.1 Å². The number of ketones is 4. The van der Waals surface area contributed by atoms with Crippen LogP contribution in [0, 0.1) is 0 Å². The maximum Gasteiger partial charge on any atom is 0.170 e. The van der Waals surface area contributed by atoms with Crippen LogP contribution in [0.2, 0.25) is 0 Å². The molecule has 35 heavy (non-hydrogen) atoms. The summed E-state index contributed by atoms with van der Waals surface area (Å²) in [5.41, 5.74) is 2.32. The van der Waals surface area contributed by atoms with Gasteiger partial charge in [0.1, 0.15) is 0 Å². The Morgan fingerprint density at radius 1 is 0.343 bits per heavy atom. The molecular formula is C30H24O4Zn. The third-order valence-electron chi connectivity index (χ3n) is 5.03. The van der Waals surface area contributed by atoms with Crippen LogP contribution in [-0.2, 0) is 19.5 Å². The van der Waals surface area contributed by atoms with E-state index in [1.54, 1.807) is 97.1 Å². The van der Waals surface area contributed by atoms with E-state index in [2.05, 4.69) is 0 Å². The number of hydrogen-bond acceptors (Lipinski definition) is 4. The largest absolute Gasteiger partial charge is 0.294 e. The molecule has 0 saturated heterocycles. The molecule has 0 amide bonds. The average molecular weight is 514 g/mol. The number of Topliss-reactive ketones (excluding diaryl/α,β-unsaturated/α-hetero) is 4. The summed E-state index contributed by atoms with van der Waals surface area (Å²) in [4.78, 5) is 47.2. The van der Waals surface area contributed by atoms with E-state index in [9.17, 15) is 19.2 Å². The summed E-state index contributed by atoms with van der Waals surface area (Å²) in [5, 5.41) is 0. The van der Waals surface area contributed by atoms with E-state index < -0.39 is 0 Å². The summed E-state index contributed by atoms with van der Waals surface area (Å²) in [7, 11) is 0. The van der Waals surface area contributed by atoms with E-state index in [1.807, 2.05) is 24.3 Å². The first-order chi connectivity index (χ1) is 16.5. The summed E-state index contributed by atoms with van der Waals surface area (Å²) >= 11 is 0. The van der Waals surface area contributed by atoms with Crippen LogP contribution in [-0.4, -0.2) is 23.1 Å². The molecule has 0 bridgehead atoms. The molecule has 0 aliphatic carbocycles. The minimum absolute atomic E-state index is 0. The van der Waals surface area contributed by atoms with E-state index in [-0.39, 0.29) is 55.5 Å². The minimum Gasteiger partial charge on any atom is -0.294 e. The van der Waals surface area contributed by atoms with Gasteiger partial charge in [-0.25, -0.2) is 0 Å². The quantitative estimate of drug-likeness (QED) is 0.158. The smallest absolute Gasteiger partial charge is 0.170 e. The zero-order valence-corrected chi connectivity index (χ0v) is 22.3. The van der Waals surface area contributed by atoms with Gasteiger partial charge in [0.2, 0.25) is 0 Å². The zero-order valence-electron chi connectivity index (χ0n) is 19.3. The Hall–Kier alpha value is -3.82. The van der Waals surface area contributed by atoms with E-state index in [0.29, 0.717) is 22.3 Å². The van der Waals surface area contributed by atoms with Gasteiger partial charge in [0.25, 0.3) is 0 Å². The van der Waals surface area contributed by atoms with E-state index in [4.69, 9.17) is 0 Å². The molecule has 170 valence electrons. The monoisotopic (exact) mass is 512 g/mol. The Morgan fingerprint density at radius 2 is 0.514 bits per heavy atom. The van der Waals surface area contributed by atoms with Crippen LogP contribution in [0.3, 0.4) is 0 Å². The molecule has 0 heterocycles. The molecule has 0 fully saturated rings. The van der Waals surface area contributed by atoms with Crippen molar-refractivity contribution in [3.05, 3.63) is 144 Å².